The van der Waals surface area contributed by atoms with Gasteiger partial charge >= 0.3 is 0 Å². The third-order valence-electron chi connectivity index (χ3n) is 1.75. The highest BCUT2D eigenvalue weighted by atomic mass is 32.1. The van der Waals surface area contributed by atoms with Crippen LogP contribution in [0.1, 0.15) is 18.0 Å². The summed E-state index contributed by atoms with van der Waals surface area (Å²) in [5.74, 6) is 0. The van der Waals surface area contributed by atoms with Gasteiger partial charge in [0.15, 0.2) is 0 Å². The van der Waals surface area contributed by atoms with Crippen LogP contribution in [0.4, 0.5) is 0 Å². The first-order valence-corrected chi connectivity index (χ1v) is 5.54. The van der Waals surface area contributed by atoms with Crippen LogP contribution in [0.5, 0.6) is 0 Å². The van der Waals surface area contributed by atoms with Crippen LogP contribution in [-0.4, -0.2) is 36.5 Å². The van der Waals surface area contributed by atoms with Gasteiger partial charge in [0, 0.05) is 18.1 Å². The molecule has 0 aliphatic rings. The first-order valence-electron chi connectivity index (χ1n) is 4.66. The SMILES string of the molecule is C[C@@H](NCCOCCO)c1nccs1. The average Bonchev–Trinajstić information content (AvgIpc) is 2.70. The Labute approximate surface area is 87.9 Å². The van der Waals surface area contributed by atoms with Crippen molar-refractivity contribution < 1.29 is 9.84 Å². The Morgan fingerprint density at radius 1 is 1.64 bits per heavy atom. The van der Waals surface area contributed by atoms with Crippen LogP contribution in [0.2, 0.25) is 0 Å². The molecule has 0 saturated heterocycles. The molecule has 1 rings (SSSR count). The van der Waals surface area contributed by atoms with E-state index in [0.29, 0.717) is 13.2 Å². The second kappa shape index (κ2) is 6.89. The molecule has 1 aromatic rings. The van der Waals surface area contributed by atoms with Gasteiger partial charge in [-0.05, 0) is 6.92 Å². The maximum atomic E-state index is 8.47. The summed E-state index contributed by atoms with van der Waals surface area (Å²) in [5, 5.41) is 14.8. The Balaban J connectivity index is 2.07. The summed E-state index contributed by atoms with van der Waals surface area (Å²) in [7, 11) is 0. The molecular weight excluding hydrogens is 200 g/mol. The van der Waals surface area contributed by atoms with Gasteiger partial charge in [-0.1, -0.05) is 0 Å². The van der Waals surface area contributed by atoms with E-state index < -0.39 is 0 Å². The second-order valence-corrected chi connectivity index (χ2v) is 3.81. The predicted octanol–water partition coefficient (Wildman–Crippen LogP) is 0.803. The number of aliphatic hydroxyl groups is 1. The van der Waals surface area contributed by atoms with E-state index in [0.717, 1.165) is 11.6 Å². The molecule has 0 aliphatic carbocycles. The van der Waals surface area contributed by atoms with Crippen molar-refractivity contribution in [1.29, 1.82) is 0 Å². The molecule has 80 valence electrons. The zero-order valence-electron chi connectivity index (χ0n) is 8.27. The van der Waals surface area contributed by atoms with Crippen LogP contribution in [0.15, 0.2) is 11.6 Å². The second-order valence-electron chi connectivity index (χ2n) is 2.88. The summed E-state index contributed by atoms with van der Waals surface area (Å²) < 4.78 is 5.12. The van der Waals surface area contributed by atoms with Crippen molar-refractivity contribution >= 4 is 11.3 Å². The number of aromatic nitrogens is 1. The molecule has 14 heavy (non-hydrogen) atoms. The Morgan fingerprint density at radius 2 is 2.50 bits per heavy atom. The molecule has 1 aromatic heterocycles. The summed E-state index contributed by atoms with van der Waals surface area (Å²) in [5.41, 5.74) is 0. The molecular formula is C9H16N2O2S. The number of nitrogens with one attached hydrogen (secondary N) is 1. The summed E-state index contributed by atoms with van der Waals surface area (Å²) in [6, 6.07) is 0.271. The van der Waals surface area contributed by atoms with Crippen LogP contribution in [0.25, 0.3) is 0 Å². The van der Waals surface area contributed by atoms with Crippen molar-refractivity contribution in [3.8, 4) is 0 Å². The Kier molecular flexibility index (Phi) is 5.70. The number of nitrogens with zero attached hydrogens (tertiary/aromatic N) is 1. The molecule has 0 amide bonds. The van der Waals surface area contributed by atoms with Crippen LogP contribution >= 0.6 is 11.3 Å². The fourth-order valence-corrected chi connectivity index (χ4v) is 1.72. The number of hydrogen-bond donors (Lipinski definition) is 2. The monoisotopic (exact) mass is 216 g/mol. The molecule has 0 spiro atoms. The minimum Gasteiger partial charge on any atom is -0.394 e. The Hall–Kier alpha value is -0.490. The smallest absolute Gasteiger partial charge is 0.109 e. The quantitative estimate of drug-likeness (QED) is 0.662. The molecule has 0 aliphatic heterocycles. The van der Waals surface area contributed by atoms with Crippen LogP contribution in [-0.2, 0) is 4.74 Å². The van der Waals surface area contributed by atoms with E-state index in [2.05, 4.69) is 17.2 Å². The van der Waals surface area contributed by atoms with E-state index in [9.17, 15) is 0 Å². The molecule has 0 aromatic carbocycles. The van der Waals surface area contributed by atoms with E-state index in [-0.39, 0.29) is 12.6 Å². The van der Waals surface area contributed by atoms with Gasteiger partial charge in [0.25, 0.3) is 0 Å². The molecule has 2 N–H and O–H groups in total. The van der Waals surface area contributed by atoms with Gasteiger partial charge < -0.3 is 15.2 Å². The first kappa shape index (κ1) is 11.6. The lowest BCUT2D eigenvalue weighted by molar-refractivity contribution is 0.0928. The molecule has 1 atom stereocenters. The van der Waals surface area contributed by atoms with E-state index >= 15 is 0 Å². The van der Waals surface area contributed by atoms with Gasteiger partial charge in [-0.15, -0.1) is 11.3 Å². The van der Waals surface area contributed by atoms with Gasteiger partial charge in [0.05, 0.1) is 25.9 Å². The molecule has 0 radical (unpaired) electrons. The van der Waals surface area contributed by atoms with Crippen molar-refractivity contribution in [2.24, 2.45) is 0 Å². The minimum atomic E-state index is 0.0854. The van der Waals surface area contributed by atoms with E-state index in [1.54, 1.807) is 17.5 Å². The third kappa shape index (κ3) is 4.15. The number of hydrogen-bond acceptors (Lipinski definition) is 5. The van der Waals surface area contributed by atoms with E-state index in [1.807, 2.05) is 5.38 Å². The van der Waals surface area contributed by atoms with Crippen LogP contribution < -0.4 is 5.32 Å². The summed E-state index contributed by atoms with van der Waals surface area (Å²) in [6.45, 7) is 3.97. The van der Waals surface area contributed by atoms with Crippen molar-refractivity contribution in [1.82, 2.24) is 10.3 Å². The first-order chi connectivity index (χ1) is 6.84. The molecule has 0 unspecified atom stereocenters. The van der Waals surface area contributed by atoms with Gasteiger partial charge in [0.1, 0.15) is 5.01 Å². The third-order valence-corrected chi connectivity index (χ3v) is 2.71. The van der Waals surface area contributed by atoms with Gasteiger partial charge in [-0.3, -0.25) is 0 Å². The number of rotatable bonds is 7. The van der Waals surface area contributed by atoms with Gasteiger partial charge in [-0.25, -0.2) is 4.98 Å². The maximum absolute atomic E-state index is 8.47. The molecule has 0 bridgehead atoms. The van der Waals surface area contributed by atoms with Gasteiger partial charge in [0.2, 0.25) is 0 Å². The fourth-order valence-electron chi connectivity index (χ4n) is 1.05. The Bertz CT molecular complexity index is 229. The molecule has 1 heterocycles. The van der Waals surface area contributed by atoms with Crippen LogP contribution in [0.3, 0.4) is 0 Å². The molecule has 4 nitrogen and oxygen atoms in total. The lowest BCUT2D eigenvalue weighted by Crippen LogP contribution is -2.23. The normalized spacial score (nSPS) is 13.0. The minimum absolute atomic E-state index is 0.0854. The van der Waals surface area contributed by atoms with Crippen molar-refractivity contribution in [3.05, 3.63) is 16.6 Å². The largest absolute Gasteiger partial charge is 0.394 e. The maximum Gasteiger partial charge on any atom is 0.109 e. The summed E-state index contributed by atoms with van der Waals surface area (Å²) in [6.07, 6.45) is 1.81. The van der Waals surface area contributed by atoms with Crippen molar-refractivity contribution in [2.45, 2.75) is 13.0 Å². The average molecular weight is 216 g/mol. The van der Waals surface area contributed by atoms with Crippen molar-refractivity contribution in [3.63, 3.8) is 0 Å². The summed E-state index contributed by atoms with van der Waals surface area (Å²) in [4.78, 5) is 4.21. The predicted molar refractivity (Wildman–Crippen MR) is 56.4 cm³/mol. The fraction of sp³-hybridized carbons (Fsp3) is 0.667. The van der Waals surface area contributed by atoms with Crippen molar-refractivity contribution in [2.75, 3.05) is 26.4 Å². The highest BCUT2D eigenvalue weighted by Gasteiger charge is 2.05. The zero-order chi connectivity index (χ0) is 10.2. The molecule has 0 fully saturated rings. The summed E-state index contributed by atoms with van der Waals surface area (Å²) >= 11 is 1.64. The standard InChI is InChI=1S/C9H16N2O2S/c1-8(9-11-3-7-14-9)10-2-5-13-6-4-12/h3,7-8,10,12H,2,4-6H2,1H3/t8-/m1/s1. The molecule has 0 saturated carbocycles. The lowest BCUT2D eigenvalue weighted by atomic mass is 10.3. The zero-order valence-corrected chi connectivity index (χ0v) is 9.09. The van der Waals surface area contributed by atoms with Crippen LogP contribution in [0, 0.1) is 0 Å². The molecule has 5 heteroatoms. The highest BCUT2D eigenvalue weighted by molar-refractivity contribution is 7.09. The lowest BCUT2D eigenvalue weighted by Gasteiger charge is -2.10. The number of thiazole rings is 1. The van der Waals surface area contributed by atoms with Gasteiger partial charge in [-0.2, -0.15) is 0 Å². The number of aliphatic hydroxyl groups excluding tert-OH is 1. The topological polar surface area (TPSA) is 54.4 Å². The number of ether oxygens (including phenoxy) is 1. The van der Waals surface area contributed by atoms with E-state index in [4.69, 9.17) is 9.84 Å². The highest BCUT2D eigenvalue weighted by Crippen LogP contribution is 2.13. The Morgan fingerprint density at radius 3 is 3.14 bits per heavy atom. The van der Waals surface area contributed by atoms with E-state index in [1.165, 1.54) is 0 Å².